The molecule has 0 aliphatic carbocycles. The van der Waals surface area contributed by atoms with Gasteiger partial charge in [0.25, 0.3) is 0 Å². The second-order valence-electron chi connectivity index (χ2n) is 4.23. The summed E-state index contributed by atoms with van der Waals surface area (Å²) in [5, 5.41) is 5.23. The van der Waals surface area contributed by atoms with Crippen molar-refractivity contribution in [1.29, 1.82) is 0 Å². The van der Waals surface area contributed by atoms with Crippen molar-refractivity contribution in [3.8, 4) is 0 Å². The van der Waals surface area contributed by atoms with Crippen LogP contribution in [0.1, 0.15) is 17.2 Å². The lowest BCUT2D eigenvalue weighted by Crippen LogP contribution is -2.28. The highest BCUT2D eigenvalue weighted by molar-refractivity contribution is 5.81. The maximum Gasteiger partial charge on any atom is 0.134 e. The summed E-state index contributed by atoms with van der Waals surface area (Å²) in [6.45, 7) is 0. The van der Waals surface area contributed by atoms with Crippen molar-refractivity contribution in [2.24, 2.45) is 12.9 Å². The van der Waals surface area contributed by atoms with Gasteiger partial charge in [-0.1, -0.05) is 18.2 Å². The highest BCUT2D eigenvalue weighted by Gasteiger charge is 2.18. The Morgan fingerprint density at radius 3 is 2.94 bits per heavy atom. The number of hydrogen-bond acceptors (Lipinski definition) is 4. The molecule has 0 bridgehead atoms. The number of para-hydroxylation sites is 1. The minimum absolute atomic E-state index is 0.123. The number of hydrazine groups is 1. The lowest BCUT2D eigenvalue weighted by Gasteiger charge is -2.12. The Bertz CT molecular complexity index is 670. The lowest BCUT2D eigenvalue weighted by molar-refractivity contribution is 0.585. The smallest absolute Gasteiger partial charge is 0.134 e. The van der Waals surface area contributed by atoms with Gasteiger partial charge < -0.3 is 4.42 Å². The van der Waals surface area contributed by atoms with Gasteiger partial charge in [0, 0.05) is 29.8 Å². The second-order valence-corrected chi connectivity index (χ2v) is 4.23. The summed E-state index contributed by atoms with van der Waals surface area (Å²) >= 11 is 0. The first kappa shape index (κ1) is 11.0. The van der Waals surface area contributed by atoms with E-state index in [0.717, 1.165) is 22.1 Å². The van der Waals surface area contributed by atoms with Crippen LogP contribution in [0, 0.1) is 0 Å². The van der Waals surface area contributed by atoms with E-state index < -0.39 is 0 Å². The number of hydrogen-bond donors (Lipinski definition) is 2. The standard InChI is InChI=1S/C13H14N4O/c1-17-7-9(6-15-17)13(16-14)11-8-18-12-5-3-2-4-10(11)12/h2-8,13,16H,14H2,1H3. The van der Waals surface area contributed by atoms with E-state index in [1.165, 1.54) is 0 Å². The first-order valence-corrected chi connectivity index (χ1v) is 5.70. The molecule has 2 heterocycles. The third kappa shape index (κ3) is 1.70. The molecule has 0 spiro atoms. The van der Waals surface area contributed by atoms with E-state index in [9.17, 15) is 0 Å². The minimum atomic E-state index is -0.123. The van der Waals surface area contributed by atoms with Crippen molar-refractivity contribution in [1.82, 2.24) is 15.2 Å². The summed E-state index contributed by atoms with van der Waals surface area (Å²) in [6.07, 6.45) is 5.47. The van der Waals surface area contributed by atoms with Crippen molar-refractivity contribution >= 4 is 11.0 Å². The first-order valence-electron chi connectivity index (χ1n) is 5.70. The molecule has 3 N–H and O–H groups in total. The third-order valence-electron chi connectivity index (χ3n) is 3.05. The van der Waals surface area contributed by atoms with Crippen LogP contribution in [0.15, 0.2) is 47.3 Å². The van der Waals surface area contributed by atoms with Gasteiger partial charge >= 0.3 is 0 Å². The summed E-state index contributed by atoms with van der Waals surface area (Å²) in [4.78, 5) is 0. The maximum absolute atomic E-state index is 5.67. The zero-order chi connectivity index (χ0) is 12.5. The largest absolute Gasteiger partial charge is 0.464 e. The van der Waals surface area contributed by atoms with Crippen LogP contribution in [-0.4, -0.2) is 9.78 Å². The molecule has 0 aliphatic heterocycles. The SMILES string of the molecule is Cn1cc(C(NN)c2coc3ccccc23)cn1. The van der Waals surface area contributed by atoms with Gasteiger partial charge in [-0.3, -0.25) is 10.5 Å². The summed E-state index contributed by atoms with van der Waals surface area (Å²) in [6, 6.07) is 7.77. The van der Waals surface area contributed by atoms with E-state index in [1.807, 2.05) is 37.5 Å². The van der Waals surface area contributed by atoms with E-state index in [4.69, 9.17) is 10.3 Å². The zero-order valence-corrected chi connectivity index (χ0v) is 10.00. The van der Waals surface area contributed by atoms with Crippen molar-refractivity contribution in [3.05, 3.63) is 54.0 Å². The van der Waals surface area contributed by atoms with Crippen molar-refractivity contribution in [2.45, 2.75) is 6.04 Å². The molecule has 2 aromatic heterocycles. The van der Waals surface area contributed by atoms with Crippen LogP contribution >= 0.6 is 0 Å². The highest BCUT2D eigenvalue weighted by Crippen LogP contribution is 2.29. The van der Waals surface area contributed by atoms with Crippen LogP contribution in [0.25, 0.3) is 11.0 Å². The molecule has 0 radical (unpaired) electrons. The van der Waals surface area contributed by atoms with Gasteiger partial charge in [-0.05, 0) is 6.07 Å². The molecular formula is C13H14N4O. The third-order valence-corrected chi connectivity index (χ3v) is 3.05. The molecule has 0 fully saturated rings. The monoisotopic (exact) mass is 242 g/mol. The van der Waals surface area contributed by atoms with E-state index in [-0.39, 0.29) is 6.04 Å². The summed E-state index contributed by atoms with van der Waals surface area (Å²) < 4.78 is 7.29. The molecule has 0 saturated carbocycles. The minimum Gasteiger partial charge on any atom is -0.464 e. The van der Waals surface area contributed by atoms with Crippen LogP contribution in [0.4, 0.5) is 0 Å². The number of fused-ring (bicyclic) bond motifs is 1. The van der Waals surface area contributed by atoms with Gasteiger partial charge in [-0.2, -0.15) is 5.10 Å². The molecule has 1 aromatic carbocycles. The van der Waals surface area contributed by atoms with Gasteiger partial charge in [0.05, 0.1) is 18.5 Å². The Labute approximate surface area is 104 Å². The topological polar surface area (TPSA) is 69.0 Å². The van der Waals surface area contributed by atoms with Crippen LogP contribution < -0.4 is 11.3 Å². The van der Waals surface area contributed by atoms with E-state index in [2.05, 4.69) is 10.5 Å². The Hall–Kier alpha value is -2.11. The van der Waals surface area contributed by atoms with Crippen LogP contribution in [0.3, 0.4) is 0 Å². The molecule has 18 heavy (non-hydrogen) atoms. The average Bonchev–Trinajstić information content (AvgIpc) is 2.98. The van der Waals surface area contributed by atoms with Gasteiger partial charge in [-0.15, -0.1) is 0 Å². The Kier molecular flexibility index (Phi) is 2.62. The molecule has 5 nitrogen and oxygen atoms in total. The molecule has 3 rings (SSSR count). The van der Waals surface area contributed by atoms with Gasteiger partial charge in [0.2, 0.25) is 0 Å². The maximum atomic E-state index is 5.67. The number of benzene rings is 1. The molecule has 5 heteroatoms. The highest BCUT2D eigenvalue weighted by atomic mass is 16.3. The number of nitrogens with one attached hydrogen (secondary N) is 1. The molecule has 1 unspecified atom stereocenters. The number of rotatable bonds is 3. The lowest BCUT2D eigenvalue weighted by atomic mass is 10.0. The number of nitrogens with zero attached hydrogens (tertiary/aromatic N) is 2. The fourth-order valence-electron chi connectivity index (χ4n) is 2.18. The molecular weight excluding hydrogens is 228 g/mol. The predicted molar refractivity (Wildman–Crippen MR) is 68.6 cm³/mol. The van der Waals surface area contributed by atoms with Gasteiger partial charge in [0.1, 0.15) is 5.58 Å². The normalized spacial score (nSPS) is 13.0. The van der Waals surface area contributed by atoms with Crippen molar-refractivity contribution in [3.63, 3.8) is 0 Å². The van der Waals surface area contributed by atoms with Crippen LogP contribution in [0.2, 0.25) is 0 Å². The molecule has 0 amide bonds. The quantitative estimate of drug-likeness (QED) is 0.542. The molecule has 3 aromatic rings. The Morgan fingerprint density at radius 1 is 1.39 bits per heavy atom. The molecule has 1 atom stereocenters. The zero-order valence-electron chi connectivity index (χ0n) is 10.00. The predicted octanol–water partition coefficient (Wildman–Crippen LogP) is 1.72. The van der Waals surface area contributed by atoms with E-state index >= 15 is 0 Å². The number of furan rings is 1. The number of aromatic nitrogens is 2. The molecule has 0 saturated heterocycles. The average molecular weight is 242 g/mol. The van der Waals surface area contributed by atoms with Gasteiger partial charge in [0.15, 0.2) is 0 Å². The molecule has 92 valence electrons. The van der Waals surface area contributed by atoms with E-state index in [1.54, 1.807) is 17.1 Å². The van der Waals surface area contributed by atoms with E-state index in [0.29, 0.717) is 0 Å². The van der Waals surface area contributed by atoms with Crippen molar-refractivity contribution in [2.75, 3.05) is 0 Å². The van der Waals surface area contributed by atoms with Crippen LogP contribution in [0.5, 0.6) is 0 Å². The molecule has 0 aliphatic rings. The summed E-state index contributed by atoms with van der Waals surface area (Å²) in [5.41, 5.74) is 5.69. The Balaban J connectivity index is 2.11. The van der Waals surface area contributed by atoms with Crippen LogP contribution in [-0.2, 0) is 7.05 Å². The fourth-order valence-corrected chi connectivity index (χ4v) is 2.18. The number of aryl methyl sites for hydroxylation is 1. The summed E-state index contributed by atoms with van der Waals surface area (Å²) in [7, 11) is 1.88. The second kappa shape index (κ2) is 4.29. The Morgan fingerprint density at radius 2 is 2.22 bits per heavy atom. The van der Waals surface area contributed by atoms with Crippen molar-refractivity contribution < 1.29 is 4.42 Å². The summed E-state index contributed by atoms with van der Waals surface area (Å²) in [5.74, 6) is 5.67. The number of nitrogens with two attached hydrogens (primary N) is 1. The first-order chi connectivity index (χ1) is 8.79. The fraction of sp³-hybridized carbons (Fsp3) is 0.154. The van der Waals surface area contributed by atoms with Gasteiger partial charge in [-0.25, -0.2) is 5.43 Å².